The number of benzene rings is 2. The van der Waals surface area contributed by atoms with Crippen LogP contribution in [0.4, 0.5) is 10.5 Å². The third-order valence-corrected chi connectivity index (χ3v) is 5.61. The number of carbonyl (C=O) groups excluding carboxylic acids is 4. The maximum Gasteiger partial charge on any atom is 0.325 e. The van der Waals surface area contributed by atoms with Crippen LogP contribution in [-0.2, 0) is 15.1 Å². The molecule has 0 bridgehead atoms. The molecule has 0 aromatic heterocycles. The van der Waals surface area contributed by atoms with E-state index in [0.717, 1.165) is 23.3 Å². The molecule has 2 aromatic carbocycles. The third-order valence-electron chi connectivity index (χ3n) is 5.61. The highest BCUT2D eigenvalue weighted by Gasteiger charge is 2.49. The summed E-state index contributed by atoms with van der Waals surface area (Å²) in [5, 5.41) is 8.30. The fourth-order valence-corrected chi connectivity index (χ4v) is 3.54. The average molecular weight is 420 g/mol. The van der Waals surface area contributed by atoms with Crippen molar-refractivity contribution < 1.29 is 19.2 Å². The lowest BCUT2D eigenvalue weighted by Gasteiger charge is -2.22. The first-order valence-electron chi connectivity index (χ1n) is 10.2. The Balaban J connectivity index is 1.46. The molecule has 2 fully saturated rings. The Bertz CT molecular complexity index is 1060. The summed E-state index contributed by atoms with van der Waals surface area (Å²) in [5.74, 6) is -1.21. The molecule has 1 aliphatic carbocycles. The van der Waals surface area contributed by atoms with Gasteiger partial charge in [0.1, 0.15) is 12.1 Å². The van der Waals surface area contributed by atoms with Crippen LogP contribution in [0.1, 0.15) is 41.3 Å². The zero-order valence-corrected chi connectivity index (χ0v) is 17.4. The molecule has 8 heteroatoms. The van der Waals surface area contributed by atoms with E-state index in [2.05, 4.69) is 16.0 Å². The van der Waals surface area contributed by atoms with Crippen LogP contribution in [0.5, 0.6) is 0 Å². The predicted octanol–water partition coefficient (Wildman–Crippen LogP) is 2.29. The van der Waals surface area contributed by atoms with E-state index in [1.54, 1.807) is 56.3 Å². The summed E-state index contributed by atoms with van der Waals surface area (Å²) in [4.78, 5) is 51.2. The van der Waals surface area contributed by atoms with Gasteiger partial charge in [-0.05, 0) is 49.9 Å². The number of hydrogen-bond acceptors (Lipinski definition) is 4. The van der Waals surface area contributed by atoms with Gasteiger partial charge in [-0.1, -0.05) is 36.4 Å². The number of nitrogens with one attached hydrogen (secondary N) is 3. The van der Waals surface area contributed by atoms with E-state index in [-0.39, 0.29) is 11.9 Å². The number of imide groups is 1. The van der Waals surface area contributed by atoms with E-state index >= 15 is 0 Å². The zero-order valence-electron chi connectivity index (χ0n) is 17.4. The monoisotopic (exact) mass is 420 g/mol. The quantitative estimate of drug-likeness (QED) is 0.623. The van der Waals surface area contributed by atoms with E-state index in [4.69, 9.17) is 0 Å². The maximum absolute atomic E-state index is 13.0. The summed E-state index contributed by atoms with van der Waals surface area (Å²) in [5.41, 5.74) is 1.09. The number of aryl methyl sites for hydroxylation is 1. The van der Waals surface area contributed by atoms with E-state index in [9.17, 15) is 19.2 Å². The first-order valence-corrected chi connectivity index (χ1v) is 10.2. The molecule has 2 aliphatic rings. The van der Waals surface area contributed by atoms with Crippen molar-refractivity contribution in [3.05, 3.63) is 65.2 Å². The van der Waals surface area contributed by atoms with Gasteiger partial charge in [-0.3, -0.25) is 19.3 Å². The molecule has 1 atom stereocenters. The smallest absolute Gasteiger partial charge is 0.325 e. The Morgan fingerprint density at radius 1 is 1.13 bits per heavy atom. The summed E-state index contributed by atoms with van der Waals surface area (Å²) in [6, 6.07) is 13.5. The van der Waals surface area contributed by atoms with Gasteiger partial charge in [0.2, 0.25) is 5.91 Å². The molecule has 1 saturated carbocycles. The molecule has 8 nitrogen and oxygen atoms in total. The molecule has 0 spiro atoms. The largest absolute Gasteiger partial charge is 0.349 e. The Kier molecular flexibility index (Phi) is 5.22. The lowest BCUT2D eigenvalue weighted by Crippen LogP contribution is -2.42. The van der Waals surface area contributed by atoms with Gasteiger partial charge in [0, 0.05) is 17.3 Å². The topological polar surface area (TPSA) is 108 Å². The minimum absolute atomic E-state index is 0.189. The molecule has 5 amide bonds. The van der Waals surface area contributed by atoms with Gasteiger partial charge in [0.05, 0.1) is 0 Å². The fourth-order valence-electron chi connectivity index (χ4n) is 3.54. The molecule has 0 radical (unpaired) electrons. The SMILES string of the molecule is Cc1ccc(C(=O)NC2CC2)cc1NC(=O)CN1C(=O)NC(C)(c2ccccc2)C1=O. The van der Waals surface area contributed by atoms with Crippen molar-refractivity contribution in [2.75, 3.05) is 11.9 Å². The van der Waals surface area contributed by atoms with Gasteiger partial charge in [0.25, 0.3) is 11.8 Å². The van der Waals surface area contributed by atoms with Crippen molar-refractivity contribution in [2.24, 2.45) is 0 Å². The summed E-state index contributed by atoms with van der Waals surface area (Å²) >= 11 is 0. The summed E-state index contributed by atoms with van der Waals surface area (Å²) < 4.78 is 0. The number of amides is 5. The number of rotatable bonds is 6. The van der Waals surface area contributed by atoms with Crippen LogP contribution in [0.15, 0.2) is 48.5 Å². The Hall–Kier alpha value is -3.68. The van der Waals surface area contributed by atoms with Crippen molar-refractivity contribution in [3.63, 3.8) is 0 Å². The molecular formula is C23H24N4O4. The van der Waals surface area contributed by atoms with Gasteiger partial charge in [-0.2, -0.15) is 0 Å². The van der Waals surface area contributed by atoms with Gasteiger partial charge >= 0.3 is 6.03 Å². The van der Waals surface area contributed by atoms with Crippen molar-refractivity contribution in [3.8, 4) is 0 Å². The average Bonchev–Trinajstić information content (AvgIpc) is 3.53. The van der Waals surface area contributed by atoms with E-state index in [1.165, 1.54) is 0 Å². The van der Waals surface area contributed by atoms with Gasteiger partial charge < -0.3 is 16.0 Å². The molecular weight excluding hydrogens is 396 g/mol. The van der Waals surface area contributed by atoms with Crippen molar-refractivity contribution >= 4 is 29.4 Å². The van der Waals surface area contributed by atoms with Crippen LogP contribution in [0.3, 0.4) is 0 Å². The molecule has 3 N–H and O–H groups in total. The van der Waals surface area contributed by atoms with E-state index in [0.29, 0.717) is 16.8 Å². The minimum Gasteiger partial charge on any atom is -0.349 e. The highest BCUT2D eigenvalue weighted by Crippen LogP contribution is 2.28. The van der Waals surface area contributed by atoms with Crippen LogP contribution in [0.2, 0.25) is 0 Å². The lowest BCUT2D eigenvalue weighted by molar-refractivity contribution is -0.133. The van der Waals surface area contributed by atoms with E-state index in [1.807, 2.05) is 6.07 Å². The highest BCUT2D eigenvalue weighted by atomic mass is 16.2. The van der Waals surface area contributed by atoms with Crippen LogP contribution in [-0.4, -0.2) is 41.2 Å². The third kappa shape index (κ3) is 4.14. The van der Waals surface area contributed by atoms with E-state index < -0.39 is 29.9 Å². The number of nitrogens with zero attached hydrogens (tertiary/aromatic N) is 1. The fraction of sp³-hybridized carbons (Fsp3) is 0.304. The maximum atomic E-state index is 13.0. The minimum atomic E-state index is -1.23. The van der Waals surface area contributed by atoms with Crippen molar-refractivity contribution in [2.45, 2.75) is 38.3 Å². The second kappa shape index (κ2) is 7.86. The zero-order chi connectivity index (χ0) is 22.2. The molecule has 2 aromatic rings. The summed E-state index contributed by atoms with van der Waals surface area (Å²) in [6.07, 6.45) is 1.96. The lowest BCUT2D eigenvalue weighted by atomic mass is 9.92. The number of anilines is 1. The van der Waals surface area contributed by atoms with Gasteiger partial charge in [-0.15, -0.1) is 0 Å². The molecule has 1 saturated heterocycles. The molecule has 1 aliphatic heterocycles. The Morgan fingerprint density at radius 3 is 2.52 bits per heavy atom. The second-order valence-electron chi connectivity index (χ2n) is 8.14. The van der Waals surface area contributed by atoms with Crippen LogP contribution in [0.25, 0.3) is 0 Å². The standard InChI is InChI=1S/C23H24N4O4/c1-14-8-9-15(20(29)24-17-10-11-17)12-18(14)25-19(28)13-27-21(30)23(2,26-22(27)31)16-6-4-3-5-7-16/h3-9,12,17H,10-11,13H2,1-2H3,(H,24,29)(H,25,28)(H,26,31). The van der Waals surface area contributed by atoms with Crippen LogP contribution < -0.4 is 16.0 Å². The van der Waals surface area contributed by atoms with Crippen LogP contribution >= 0.6 is 0 Å². The normalized spacial score (nSPS) is 20.4. The van der Waals surface area contributed by atoms with Crippen molar-refractivity contribution in [1.29, 1.82) is 0 Å². The second-order valence-corrected chi connectivity index (χ2v) is 8.14. The molecule has 4 rings (SSSR count). The molecule has 1 heterocycles. The number of carbonyl (C=O) groups is 4. The first kappa shape index (κ1) is 20.6. The van der Waals surface area contributed by atoms with Crippen molar-refractivity contribution in [1.82, 2.24) is 15.5 Å². The highest BCUT2D eigenvalue weighted by molar-refractivity contribution is 6.10. The number of urea groups is 1. The molecule has 1 unspecified atom stereocenters. The predicted molar refractivity (Wildman–Crippen MR) is 114 cm³/mol. The summed E-state index contributed by atoms with van der Waals surface area (Å²) in [6.45, 7) is 3.00. The molecule has 160 valence electrons. The Labute approximate surface area is 180 Å². The van der Waals surface area contributed by atoms with Gasteiger partial charge in [0.15, 0.2) is 0 Å². The van der Waals surface area contributed by atoms with Crippen LogP contribution in [0, 0.1) is 6.92 Å². The molecule has 31 heavy (non-hydrogen) atoms. The Morgan fingerprint density at radius 2 is 1.84 bits per heavy atom. The first-order chi connectivity index (χ1) is 14.8. The number of hydrogen-bond donors (Lipinski definition) is 3. The van der Waals surface area contributed by atoms with Gasteiger partial charge in [-0.25, -0.2) is 4.79 Å². The summed E-state index contributed by atoms with van der Waals surface area (Å²) in [7, 11) is 0.